The molecule has 0 aliphatic rings. The Hall–Kier alpha value is -3.09. The van der Waals surface area contributed by atoms with E-state index in [2.05, 4.69) is 15.2 Å². The van der Waals surface area contributed by atoms with Gasteiger partial charge in [-0.1, -0.05) is 0 Å². The van der Waals surface area contributed by atoms with Crippen LogP contribution in [0.1, 0.15) is 31.5 Å². The van der Waals surface area contributed by atoms with Gasteiger partial charge in [0.1, 0.15) is 17.1 Å². The highest BCUT2D eigenvalue weighted by molar-refractivity contribution is 5.59. The van der Waals surface area contributed by atoms with Gasteiger partial charge >= 0.3 is 0 Å². The van der Waals surface area contributed by atoms with E-state index in [0.29, 0.717) is 35.6 Å². The minimum Gasteiger partial charge on any atom is -0.494 e. The van der Waals surface area contributed by atoms with Crippen molar-refractivity contribution in [2.24, 2.45) is 0 Å². The van der Waals surface area contributed by atoms with Crippen molar-refractivity contribution < 1.29 is 18.6 Å². The molecule has 2 heterocycles. The number of ether oxygens (including phenoxy) is 3. The quantitative estimate of drug-likeness (QED) is 0.634. The number of benzene rings is 1. The summed E-state index contributed by atoms with van der Waals surface area (Å²) in [5.74, 6) is 2.64. The first-order valence-electron chi connectivity index (χ1n) is 8.35. The molecule has 0 aliphatic heterocycles. The Morgan fingerprint density at radius 3 is 2.46 bits per heavy atom. The lowest BCUT2D eigenvalue weighted by Crippen LogP contribution is -2.03. The van der Waals surface area contributed by atoms with Crippen LogP contribution in [0.5, 0.6) is 17.4 Å². The standard InChI is InChI=1S/C19H21N3O4/c1-5-24-14-7-9-15(10-8-14)25-13(3)17-21-22-19(26-17)16-11-6-12(2)20-18(16)23-4/h6-11,13H,5H2,1-4H3. The molecule has 3 rings (SSSR count). The number of aromatic nitrogens is 3. The summed E-state index contributed by atoms with van der Waals surface area (Å²) in [4.78, 5) is 4.32. The topological polar surface area (TPSA) is 79.5 Å². The van der Waals surface area contributed by atoms with Crippen LogP contribution >= 0.6 is 0 Å². The van der Waals surface area contributed by atoms with E-state index in [0.717, 1.165) is 11.4 Å². The Labute approximate surface area is 151 Å². The molecule has 0 aliphatic carbocycles. The van der Waals surface area contributed by atoms with Crippen molar-refractivity contribution in [3.8, 4) is 28.8 Å². The predicted octanol–water partition coefficient (Wildman–Crippen LogP) is 3.99. The summed E-state index contributed by atoms with van der Waals surface area (Å²) in [6, 6.07) is 11.1. The van der Waals surface area contributed by atoms with E-state index in [1.54, 1.807) is 7.11 Å². The first kappa shape index (κ1) is 17.7. The molecule has 7 nitrogen and oxygen atoms in total. The maximum Gasteiger partial charge on any atom is 0.257 e. The van der Waals surface area contributed by atoms with Crippen LogP contribution in [0.2, 0.25) is 0 Å². The lowest BCUT2D eigenvalue weighted by Gasteiger charge is -2.11. The normalized spacial score (nSPS) is 11.8. The minimum atomic E-state index is -0.404. The van der Waals surface area contributed by atoms with Crippen LogP contribution in [0.15, 0.2) is 40.8 Å². The molecular formula is C19H21N3O4. The number of hydrogen-bond donors (Lipinski definition) is 0. The first-order valence-corrected chi connectivity index (χ1v) is 8.35. The number of rotatable bonds is 7. The molecule has 26 heavy (non-hydrogen) atoms. The molecule has 0 radical (unpaired) electrons. The fraction of sp³-hybridized carbons (Fsp3) is 0.316. The van der Waals surface area contributed by atoms with Crippen LogP contribution in [0.4, 0.5) is 0 Å². The van der Waals surface area contributed by atoms with Crippen molar-refractivity contribution in [1.82, 2.24) is 15.2 Å². The summed E-state index contributed by atoms with van der Waals surface area (Å²) in [5.41, 5.74) is 1.49. The van der Waals surface area contributed by atoms with Gasteiger partial charge in [0.2, 0.25) is 5.88 Å². The highest BCUT2D eigenvalue weighted by Crippen LogP contribution is 2.30. The van der Waals surface area contributed by atoms with E-state index in [4.69, 9.17) is 18.6 Å². The molecular weight excluding hydrogens is 334 g/mol. The van der Waals surface area contributed by atoms with Crippen molar-refractivity contribution in [3.05, 3.63) is 48.0 Å². The average molecular weight is 355 g/mol. The third kappa shape index (κ3) is 3.93. The third-order valence-corrected chi connectivity index (χ3v) is 3.66. The van der Waals surface area contributed by atoms with Gasteiger partial charge in [0, 0.05) is 5.69 Å². The van der Waals surface area contributed by atoms with Gasteiger partial charge in [-0.3, -0.25) is 0 Å². The van der Waals surface area contributed by atoms with Crippen molar-refractivity contribution in [1.29, 1.82) is 0 Å². The molecule has 1 unspecified atom stereocenters. The molecule has 136 valence electrons. The second-order valence-electron chi connectivity index (χ2n) is 5.62. The Balaban J connectivity index is 1.74. The lowest BCUT2D eigenvalue weighted by molar-refractivity contribution is 0.189. The summed E-state index contributed by atoms with van der Waals surface area (Å²) in [6.07, 6.45) is -0.404. The van der Waals surface area contributed by atoms with Crippen molar-refractivity contribution in [3.63, 3.8) is 0 Å². The molecule has 0 N–H and O–H groups in total. The Morgan fingerprint density at radius 1 is 1.04 bits per heavy atom. The van der Waals surface area contributed by atoms with E-state index < -0.39 is 6.10 Å². The molecule has 3 aromatic rings. The SMILES string of the molecule is CCOc1ccc(OC(C)c2nnc(-c3ccc(C)nc3OC)o2)cc1. The lowest BCUT2D eigenvalue weighted by atomic mass is 10.2. The molecule has 1 aromatic carbocycles. The summed E-state index contributed by atoms with van der Waals surface area (Å²) < 4.78 is 22.3. The fourth-order valence-corrected chi connectivity index (χ4v) is 2.39. The number of aryl methyl sites for hydroxylation is 1. The smallest absolute Gasteiger partial charge is 0.257 e. The molecule has 0 fully saturated rings. The van der Waals surface area contributed by atoms with Crippen LogP contribution in [0, 0.1) is 6.92 Å². The summed E-state index contributed by atoms with van der Waals surface area (Å²) in [5, 5.41) is 8.17. The minimum absolute atomic E-state index is 0.339. The fourth-order valence-electron chi connectivity index (χ4n) is 2.39. The second-order valence-corrected chi connectivity index (χ2v) is 5.62. The van der Waals surface area contributed by atoms with E-state index in [1.807, 2.05) is 57.2 Å². The van der Waals surface area contributed by atoms with Gasteiger partial charge in [-0.05, 0) is 57.2 Å². The highest BCUT2D eigenvalue weighted by atomic mass is 16.5. The molecule has 0 saturated heterocycles. The number of nitrogens with zero attached hydrogens (tertiary/aromatic N) is 3. The molecule has 0 amide bonds. The van der Waals surface area contributed by atoms with E-state index in [1.165, 1.54) is 0 Å². The van der Waals surface area contributed by atoms with E-state index in [9.17, 15) is 0 Å². The molecule has 0 bridgehead atoms. The van der Waals surface area contributed by atoms with Gasteiger partial charge in [-0.15, -0.1) is 10.2 Å². The molecule has 1 atom stereocenters. The van der Waals surface area contributed by atoms with Crippen LogP contribution < -0.4 is 14.2 Å². The van der Waals surface area contributed by atoms with Crippen molar-refractivity contribution >= 4 is 0 Å². The maximum absolute atomic E-state index is 5.86. The van der Waals surface area contributed by atoms with Gasteiger partial charge in [0.05, 0.1) is 13.7 Å². The average Bonchev–Trinajstić information content (AvgIpc) is 3.13. The molecule has 2 aromatic heterocycles. The highest BCUT2D eigenvalue weighted by Gasteiger charge is 2.19. The number of methoxy groups -OCH3 is 1. The molecule has 0 spiro atoms. The van der Waals surface area contributed by atoms with E-state index in [-0.39, 0.29) is 0 Å². The number of pyridine rings is 1. The Kier molecular flexibility index (Phi) is 5.36. The monoisotopic (exact) mass is 355 g/mol. The van der Waals surface area contributed by atoms with Gasteiger partial charge in [-0.2, -0.15) is 0 Å². The van der Waals surface area contributed by atoms with Gasteiger partial charge < -0.3 is 18.6 Å². The summed E-state index contributed by atoms with van der Waals surface area (Å²) in [7, 11) is 1.56. The summed E-state index contributed by atoms with van der Waals surface area (Å²) in [6.45, 7) is 6.30. The Morgan fingerprint density at radius 2 is 1.77 bits per heavy atom. The zero-order valence-electron chi connectivity index (χ0n) is 15.2. The van der Waals surface area contributed by atoms with Gasteiger partial charge in [-0.25, -0.2) is 4.98 Å². The van der Waals surface area contributed by atoms with Crippen LogP contribution in [-0.2, 0) is 0 Å². The maximum atomic E-state index is 5.86. The zero-order valence-corrected chi connectivity index (χ0v) is 15.2. The summed E-state index contributed by atoms with van der Waals surface area (Å²) >= 11 is 0. The Bertz CT molecular complexity index is 861. The van der Waals surface area contributed by atoms with Crippen molar-refractivity contribution in [2.75, 3.05) is 13.7 Å². The zero-order chi connectivity index (χ0) is 18.5. The molecule has 7 heteroatoms. The number of hydrogen-bond acceptors (Lipinski definition) is 7. The van der Waals surface area contributed by atoms with Gasteiger partial charge in [0.15, 0.2) is 6.10 Å². The van der Waals surface area contributed by atoms with Crippen LogP contribution in [0.3, 0.4) is 0 Å². The third-order valence-electron chi connectivity index (χ3n) is 3.66. The van der Waals surface area contributed by atoms with Gasteiger partial charge in [0.25, 0.3) is 11.8 Å². The van der Waals surface area contributed by atoms with E-state index >= 15 is 0 Å². The van der Waals surface area contributed by atoms with Crippen LogP contribution in [-0.4, -0.2) is 28.9 Å². The largest absolute Gasteiger partial charge is 0.494 e. The predicted molar refractivity (Wildman–Crippen MR) is 95.5 cm³/mol. The molecule has 0 saturated carbocycles. The van der Waals surface area contributed by atoms with Crippen LogP contribution in [0.25, 0.3) is 11.5 Å². The second kappa shape index (κ2) is 7.86. The van der Waals surface area contributed by atoms with Crippen molar-refractivity contribution in [2.45, 2.75) is 26.9 Å². The first-order chi connectivity index (χ1) is 12.6.